The van der Waals surface area contributed by atoms with Crippen molar-refractivity contribution in [3.05, 3.63) is 15.8 Å². The van der Waals surface area contributed by atoms with Gasteiger partial charge in [0.2, 0.25) is 0 Å². The summed E-state index contributed by atoms with van der Waals surface area (Å²) >= 11 is 3.41. The fraction of sp³-hybridized carbons (Fsp3) is 0.583. The standard InChI is InChI=1S/C12H18N2OS2/c1-8-9(13)6-10(17-8)11(15)14-7-12(2)4-3-5-16-12/h6H,3-5,7,13H2,1-2H3,(H,14,15). The molecule has 2 rings (SSSR count). The van der Waals surface area contributed by atoms with Crippen LogP contribution in [0.15, 0.2) is 6.07 Å². The van der Waals surface area contributed by atoms with Crippen molar-refractivity contribution < 1.29 is 4.79 Å². The molecule has 1 unspecified atom stereocenters. The van der Waals surface area contributed by atoms with Crippen LogP contribution in [0.3, 0.4) is 0 Å². The second-order valence-corrected chi connectivity index (χ2v) is 7.65. The first kappa shape index (κ1) is 12.8. The lowest BCUT2D eigenvalue weighted by Gasteiger charge is -2.22. The Labute approximate surface area is 110 Å². The molecule has 3 N–H and O–H groups in total. The molecule has 94 valence electrons. The van der Waals surface area contributed by atoms with Gasteiger partial charge in [0.15, 0.2) is 0 Å². The zero-order valence-electron chi connectivity index (χ0n) is 10.2. The summed E-state index contributed by atoms with van der Waals surface area (Å²) in [6.07, 6.45) is 2.44. The highest BCUT2D eigenvalue weighted by molar-refractivity contribution is 8.00. The van der Waals surface area contributed by atoms with E-state index in [1.165, 1.54) is 29.9 Å². The van der Waals surface area contributed by atoms with Crippen LogP contribution in [-0.4, -0.2) is 23.0 Å². The number of thiophene rings is 1. The Morgan fingerprint density at radius 2 is 2.41 bits per heavy atom. The van der Waals surface area contributed by atoms with E-state index < -0.39 is 0 Å². The molecule has 0 radical (unpaired) electrons. The van der Waals surface area contributed by atoms with Gasteiger partial charge < -0.3 is 11.1 Å². The third-order valence-electron chi connectivity index (χ3n) is 3.10. The Kier molecular flexibility index (Phi) is 3.68. The van der Waals surface area contributed by atoms with E-state index in [4.69, 9.17) is 5.73 Å². The number of anilines is 1. The summed E-state index contributed by atoms with van der Waals surface area (Å²) < 4.78 is 0.216. The monoisotopic (exact) mass is 270 g/mol. The smallest absolute Gasteiger partial charge is 0.261 e. The van der Waals surface area contributed by atoms with E-state index in [0.717, 1.165) is 11.4 Å². The van der Waals surface area contributed by atoms with Crippen LogP contribution in [-0.2, 0) is 0 Å². The van der Waals surface area contributed by atoms with Crippen molar-refractivity contribution in [2.45, 2.75) is 31.4 Å². The summed E-state index contributed by atoms with van der Waals surface area (Å²) in [4.78, 5) is 13.7. The summed E-state index contributed by atoms with van der Waals surface area (Å²) in [6, 6.07) is 1.76. The normalized spacial score (nSPS) is 23.9. The van der Waals surface area contributed by atoms with E-state index in [0.29, 0.717) is 10.6 Å². The van der Waals surface area contributed by atoms with Gasteiger partial charge in [0.05, 0.1) is 4.88 Å². The third-order valence-corrected chi connectivity index (χ3v) is 5.71. The molecule has 1 saturated heterocycles. The molecule has 0 spiro atoms. The molecular formula is C12H18N2OS2. The van der Waals surface area contributed by atoms with Gasteiger partial charge in [0.25, 0.3) is 5.91 Å². The number of nitrogens with one attached hydrogen (secondary N) is 1. The number of hydrogen-bond acceptors (Lipinski definition) is 4. The van der Waals surface area contributed by atoms with E-state index in [1.54, 1.807) is 6.07 Å². The molecule has 0 aliphatic carbocycles. The first-order chi connectivity index (χ1) is 8.00. The van der Waals surface area contributed by atoms with E-state index >= 15 is 0 Å². The highest BCUT2D eigenvalue weighted by Gasteiger charge is 2.29. The van der Waals surface area contributed by atoms with E-state index in [1.807, 2.05) is 18.7 Å². The number of nitrogen functional groups attached to an aromatic ring is 1. The average Bonchev–Trinajstić information content (AvgIpc) is 2.85. The quantitative estimate of drug-likeness (QED) is 0.888. The highest BCUT2D eigenvalue weighted by Crippen LogP contribution is 2.37. The number of hydrogen-bond donors (Lipinski definition) is 2. The fourth-order valence-electron chi connectivity index (χ4n) is 1.94. The molecule has 1 fully saturated rings. The van der Waals surface area contributed by atoms with Crippen LogP contribution in [0.4, 0.5) is 5.69 Å². The molecule has 2 heterocycles. The van der Waals surface area contributed by atoms with Crippen molar-refractivity contribution in [1.82, 2.24) is 5.32 Å². The van der Waals surface area contributed by atoms with Crippen LogP contribution < -0.4 is 11.1 Å². The molecule has 1 aliphatic heterocycles. The van der Waals surface area contributed by atoms with Crippen LogP contribution >= 0.6 is 23.1 Å². The Balaban J connectivity index is 1.93. The fourth-order valence-corrected chi connectivity index (χ4v) is 4.04. The minimum atomic E-state index is 0.00326. The summed E-state index contributed by atoms with van der Waals surface area (Å²) in [6.45, 7) is 4.90. The van der Waals surface area contributed by atoms with E-state index in [2.05, 4.69) is 12.2 Å². The third kappa shape index (κ3) is 2.96. The lowest BCUT2D eigenvalue weighted by molar-refractivity contribution is 0.0954. The summed E-state index contributed by atoms with van der Waals surface area (Å²) in [5.41, 5.74) is 6.46. The van der Waals surface area contributed by atoms with Crippen molar-refractivity contribution in [3.8, 4) is 0 Å². The highest BCUT2D eigenvalue weighted by atomic mass is 32.2. The maximum absolute atomic E-state index is 11.9. The zero-order chi connectivity index (χ0) is 12.5. The summed E-state index contributed by atoms with van der Waals surface area (Å²) in [5.74, 6) is 1.21. The molecule has 0 bridgehead atoms. The van der Waals surface area contributed by atoms with Gasteiger partial charge in [0.1, 0.15) is 0 Å². The molecular weight excluding hydrogens is 252 g/mol. The predicted molar refractivity (Wildman–Crippen MR) is 75.9 cm³/mol. The van der Waals surface area contributed by atoms with Crippen LogP contribution in [0.25, 0.3) is 0 Å². The maximum Gasteiger partial charge on any atom is 0.261 e. The summed E-state index contributed by atoms with van der Waals surface area (Å²) in [5, 5.41) is 3.02. The molecule has 5 heteroatoms. The first-order valence-corrected chi connectivity index (χ1v) is 7.58. The van der Waals surface area contributed by atoms with Gasteiger partial charge in [-0.2, -0.15) is 11.8 Å². The minimum absolute atomic E-state index is 0.00326. The van der Waals surface area contributed by atoms with Crippen molar-refractivity contribution in [1.29, 1.82) is 0 Å². The number of thioether (sulfide) groups is 1. The Hall–Kier alpha value is -0.680. The Morgan fingerprint density at radius 1 is 1.65 bits per heavy atom. The number of aryl methyl sites for hydroxylation is 1. The first-order valence-electron chi connectivity index (χ1n) is 5.78. The molecule has 17 heavy (non-hydrogen) atoms. The number of amides is 1. The molecule has 1 aliphatic rings. The van der Waals surface area contributed by atoms with Gasteiger partial charge in [-0.25, -0.2) is 0 Å². The number of carbonyl (C=O) groups excluding carboxylic acids is 1. The lowest BCUT2D eigenvalue weighted by atomic mass is 10.1. The molecule has 1 aromatic rings. The largest absolute Gasteiger partial charge is 0.398 e. The maximum atomic E-state index is 11.9. The van der Waals surface area contributed by atoms with Crippen LogP contribution in [0.1, 0.15) is 34.3 Å². The van der Waals surface area contributed by atoms with Crippen LogP contribution in [0.2, 0.25) is 0 Å². The van der Waals surface area contributed by atoms with Crippen molar-refractivity contribution >= 4 is 34.7 Å². The van der Waals surface area contributed by atoms with Gasteiger partial charge in [0, 0.05) is 21.9 Å². The van der Waals surface area contributed by atoms with Gasteiger partial charge in [-0.05, 0) is 38.5 Å². The van der Waals surface area contributed by atoms with Crippen molar-refractivity contribution in [2.24, 2.45) is 0 Å². The predicted octanol–water partition coefficient (Wildman–Crippen LogP) is 2.65. The van der Waals surface area contributed by atoms with Crippen molar-refractivity contribution in [2.75, 3.05) is 18.0 Å². The average molecular weight is 270 g/mol. The molecule has 1 atom stereocenters. The number of carbonyl (C=O) groups is 1. The molecule has 1 amide bonds. The van der Waals surface area contributed by atoms with E-state index in [-0.39, 0.29) is 10.7 Å². The Morgan fingerprint density at radius 3 is 2.94 bits per heavy atom. The zero-order valence-corrected chi connectivity index (χ0v) is 11.8. The number of nitrogens with two attached hydrogens (primary N) is 1. The minimum Gasteiger partial charge on any atom is -0.398 e. The molecule has 1 aromatic heterocycles. The van der Waals surface area contributed by atoms with Crippen molar-refractivity contribution in [3.63, 3.8) is 0 Å². The van der Waals surface area contributed by atoms with Crippen LogP contribution in [0.5, 0.6) is 0 Å². The van der Waals surface area contributed by atoms with Gasteiger partial charge in [-0.3, -0.25) is 4.79 Å². The second kappa shape index (κ2) is 4.90. The topological polar surface area (TPSA) is 55.1 Å². The van der Waals surface area contributed by atoms with Gasteiger partial charge in [-0.15, -0.1) is 11.3 Å². The second-order valence-electron chi connectivity index (χ2n) is 4.71. The molecule has 3 nitrogen and oxygen atoms in total. The van der Waals surface area contributed by atoms with Gasteiger partial charge >= 0.3 is 0 Å². The van der Waals surface area contributed by atoms with Crippen LogP contribution in [0, 0.1) is 6.92 Å². The van der Waals surface area contributed by atoms with E-state index in [9.17, 15) is 4.79 Å². The summed E-state index contributed by atoms with van der Waals surface area (Å²) in [7, 11) is 0. The number of rotatable bonds is 3. The molecule has 0 aromatic carbocycles. The Bertz CT molecular complexity index is 403. The molecule has 0 saturated carbocycles. The van der Waals surface area contributed by atoms with Gasteiger partial charge in [-0.1, -0.05) is 0 Å². The SMILES string of the molecule is Cc1sc(C(=O)NCC2(C)CCCS2)cc1N. The lowest BCUT2D eigenvalue weighted by Crippen LogP contribution is -2.36.